The van der Waals surface area contributed by atoms with Crippen LogP contribution in [-0.2, 0) is 6.54 Å². The second kappa shape index (κ2) is 5.72. The summed E-state index contributed by atoms with van der Waals surface area (Å²) in [6, 6.07) is 9.62. The van der Waals surface area contributed by atoms with E-state index in [2.05, 4.69) is 15.2 Å². The van der Waals surface area contributed by atoms with Crippen molar-refractivity contribution >= 4 is 0 Å². The third-order valence-electron chi connectivity index (χ3n) is 2.97. The van der Waals surface area contributed by atoms with Gasteiger partial charge < -0.3 is 10.5 Å². The number of hydrogen-bond acceptors (Lipinski definition) is 4. The van der Waals surface area contributed by atoms with Crippen LogP contribution in [0.1, 0.15) is 5.56 Å². The molecule has 0 bridgehead atoms. The van der Waals surface area contributed by atoms with Crippen molar-refractivity contribution in [1.82, 2.24) is 15.2 Å². The maximum Gasteiger partial charge on any atom is 0.219 e. The number of aromatic amines is 1. The van der Waals surface area contributed by atoms with Gasteiger partial charge in [0.2, 0.25) is 5.88 Å². The molecule has 0 unspecified atom stereocenters. The van der Waals surface area contributed by atoms with E-state index in [0.29, 0.717) is 23.9 Å². The number of nitrogens with two attached hydrogens (primary N) is 1. The minimum atomic E-state index is -0.297. The summed E-state index contributed by atoms with van der Waals surface area (Å²) >= 11 is 0. The standard InChI is InChI=1S/C15H13FN4O/c16-12-3-1-11(2-4-12)15-13(9-19-20-15)21-14-7-10(8-17)5-6-18-14/h1-7,9H,8,17H2,(H,19,20). The van der Waals surface area contributed by atoms with Crippen LogP contribution in [0.5, 0.6) is 11.6 Å². The first-order chi connectivity index (χ1) is 10.3. The zero-order valence-corrected chi connectivity index (χ0v) is 11.1. The van der Waals surface area contributed by atoms with Gasteiger partial charge in [0.15, 0.2) is 5.75 Å². The van der Waals surface area contributed by atoms with Gasteiger partial charge in [0.05, 0.1) is 6.20 Å². The molecule has 0 spiro atoms. The second-order valence-electron chi connectivity index (χ2n) is 4.41. The molecule has 0 aliphatic heterocycles. The minimum Gasteiger partial charge on any atom is -0.435 e. The van der Waals surface area contributed by atoms with Gasteiger partial charge in [-0.15, -0.1) is 0 Å². The van der Waals surface area contributed by atoms with Gasteiger partial charge in [0.25, 0.3) is 0 Å². The molecular weight excluding hydrogens is 271 g/mol. The normalized spacial score (nSPS) is 10.6. The third kappa shape index (κ3) is 2.90. The van der Waals surface area contributed by atoms with Crippen molar-refractivity contribution in [1.29, 1.82) is 0 Å². The highest BCUT2D eigenvalue weighted by molar-refractivity contribution is 5.65. The monoisotopic (exact) mass is 284 g/mol. The number of benzene rings is 1. The van der Waals surface area contributed by atoms with Crippen molar-refractivity contribution in [2.75, 3.05) is 0 Å². The van der Waals surface area contributed by atoms with E-state index >= 15 is 0 Å². The smallest absolute Gasteiger partial charge is 0.219 e. The van der Waals surface area contributed by atoms with Gasteiger partial charge in [-0.2, -0.15) is 5.10 Å². The molecule has 106 valence electrons. The van der Waals surface area contributed by atoms with E-state index in [9.17, 15) is 4.39 Å². The predicted molar refractivity (Wildman–Crippen MR) is 76.2 cm³/mol. The third-order valence-corrected chi connectivity index (χ3v) is 2.97. The number of ether oxygens (including phenoxy) is 1. The first-order valence-electron chi connectivity index (χ1n) is 6.39. The fourth-order valence-corrected chi connectivity index (χ4v) is 1.92. The van der Waals surface area contributed by atoms with Crippen molar-refractivity contribution in [3.05, 3.63) is 60.2 Å². The van der Waals surface area contributed by atoms with Crippen LogP contribution in [0.2, 0.25) is 0 Å². The molecule has 0 radical (unpaired) electrons. The number of rotatable bonds is 4. The molecule has 2 heterocycles. The summed E-state index contributed by atoms with van der Waals surface area (Å²) < 4.78 is 18.7. The highest BCUT2D eigenvalue weighted by Gasteiger charge is 2.11. The number of nitrogens with one attached hydrogen (secondary N) is 1. The number of aromatic nitrogens is 3. The van der Waals surface area contributed by atoms with Crippen LogP contribution in [0.3, 0.4) is 0 Å². The van der Waals surface area contributed by atoms with E-state index < -0.39 is 0 Å². The molecule has 3 N–H and O–H groups in total. The largest absolute Gasteiger partial charge is 0.435 e. The molecule has 0 aliphatic carbocycles. The van der Waals surface area contributed by atoms with Gasteiger partial charge >= 0.3 is 0 Å². The molecule has 0 amide bonds. The first kappa shape index (κ1) is 13.3. The van der Waals surface area contributed by atoms with Crippen LogP contribution in [0.4, 0.5) is 4.39 Å². The molecule has 1 aromatic carbocycles. The number of pyridine rings is 1. The Morgan fingerprint density at radius 3 is 2.76 bits per heavy atom. The van der Waals surface area contributed by atoms with Crippen LogP contribution in [0.25, 0.3) is 11.3 Å². The van der Waals surface area contributed by atoms with E-state index in [0.717, 1.165) is 11.1 Å². The Bertz CT molecular complexity index is 739. The van der Waals surface area contributed by atoms with Crippen LogP contribution >= 0.6 is 0 Å². The van der Waals surface area contributed by atoms with E-state index in [4.69, 9.17) is 10.5 Å². The van der Waals surface area contributed by atoms with Crippen molar-refractivity contribution < 1.29 is 9.13 Å². The Hall–Kier alpha value is -2.73. The van der Waals surface area contributed by atoms with Gasteiger partial charge in [-0.05, 0) is 35.9 Å². The lowest BCUT2D eigenvalue weighted by Crippen LogP contribution is -1.97. The quantitative estimate of drug-likeness (QED) is 0.772. The van der Waals surface area contributed by atoms with E-state index in [-0.39, 0.29) is 5.82 Å². The molecule has 0 atom stereocenters. The lowest BCUT2D eigenvalue weighted by Gasteiger charge is -2.06. The summed E-state index contributed by atoms with van der Waals surface area (Å²) in [5.74, 6) is 0.653. The zero-order valence-electron chi connectivity index (χ0n) is 11.1. The van der Waals surface area contributed by atoms with Crippen LogP contribution in [0, 0.1) is 5.82 Å². The van der Waals surface area contributed by atoms with Gasteiger partial charge in [0.1, 0.15) is 11.5 Å². The topological polar surface area (TPSA) is 76.8 Å². The Balaban J connectivity index is 1.90. The summed E-state index contributed by atoms with van der Waals surface area (Å²) in [6.07, 6.45) is 3.25. The predicted octanol–water partition coefficient (Wildman–Crippen LogP) is 2.86. The van der Waals surface area contributed by atoms with E-state index in [1.807, 2.05) is 6.07 Å². The molecule has 0 fully saturated rings. The zero-order chi connectivity index (χ0) is 14.7. The molecule has 3 aromatic rings. The van der Waals surface area contributed by atoms with Crippen LogP contribution in [0.15, 0.2) is 48.8 Å². The first-order valence-corrected chi connectivity index (χ1v) is 6.39. The summed E-state index contributed by atoms with van der Waals surface area (Å²) in [5, 5.41) is 6.87. The Morgan fingerprint density at radius 1 is 1.19 bits per heavy atom. The molecular formula is C15H13FN4O. The summed E-state index contributed by atoms with van der Waals surface area (Å²) in [5.41, 5.74) is 7.86. The van der Waals surface area contributed by atoms with Crippen molar-refractivity contribution in [2.24, 2.45) is 5.73 Å². The Labute approximate surface area is 120 Å². The van der Waals surface area contributed by atoms with E-state index in [1.165, 1.54) is 12.1 Å². The van der Waals surface area contributed by atoms with Gasteiger partial charge in [-0.3, -0.25) is 5.10 Å². The summed E-state index contributed by atoms with van der Waals surface area (Å²) in [4.78, 5) is 4.13. The molecule has 0 saturated carbocycles. The van der Waals surface area contributed by atoms with Crippen LogP contribution < -0.4 is 10.5 Å². The molecule has 2 aromatic heterocycles. The Morgan fingerprint density at radius 2 is 2.00 bits per heavy atom. The lowest BCUT2D eigenvalue weighted by atomic mass is 10.1. The van der Waals surface area contributed by atoms with Gasteiger partial charge in [-0.25, -0.2) is 9.37 Å². The fourth-order valence-electron chi connectivity index (χ4n) is 1.92. The van der Waals surface area contributed by atoms with Crippen molar-refractivity contribution in [2.45, 2.75) is 6.54 Å². The number of halogens is 1. The molecule has 0 aliphatic rings. The minimum absolute atomic E-state index is 0.297. The Kier molecular flexibility index (Phi) is 3.61. The molecule has 6 heteroatoms. The highest BCUT2D eigenvalue weighted by Crippen LogP contribution is 2.30. The molecule has 3 rings (SSSR count). The van der Waals surface area contributed by atoms with Gasteiger partial charge in [-0.1, -0.05) is 0 Å². The molecule has 21 heavy (non-hydrogen) atoms. The summed E-state index contributed by atoms with van der Waals surface area (Å²) in [7, 11) is 0. The summed E-state index contributed by atoms with van der Waals surface area (Å²) in [6.45, 7) is 0.412. The van der Waals surface area contributed by atoms with Crippen molar-refractivity contribution in [3.8, 4) is 22.9 Å². The fraction of sp³-hybridized carbons (Fsp3) is 0.0667. The van der Waals surface area contributed by atoms with Crippen LogP contribution in [-0.4, -0.2) is 15.2 Å². The highest BCUT2D eigenvalue weighted by atomic mass is 19.1. The maximum atomic E-state index is 13.0. The number of H-pyrrole nitrogens is 1. The second-order valence-corrected chi connectivity index (χ2v) is 4.41. The van der Waals surface area contributed by atoms with E-state index in [1.54, 1.807) is 30.6 Å². The average Bonchev–Trinajstić information content (AvgIpc) is 2.96. The van der Waals surface area contributed by atoms with Crippen molar-refractivity contribution in [3.63, 3.8) is 0 Å². The number of hydrogen-bond donors (Lipinski definition) is 2. The molecule has 5 nitrogen and oxygen atoms in total. The lowest BCUT2D eigenvalue weighted by molar-refractivity contribution is 0.464. The maximum absolute atomic E-state index is 13.0. The SMILES string of the molecule is NCc1ccnc(Oc2c[nH]nc2-c2ccc(F)cc2)c1. The number of nitrogens with zero attached hydrogens (tertiary/aromatic N) is 2. The van der Waals surface area contributed by atoms with Gasteiger partial charge in [0, 0.05) is 24.4 Å². The average molecular weight is 284 g/mol. The molecule has 0 saturated heterocycles.